The lowest BCUT2D eigenvalue weighted by Crippen LogP contribution is -2.20. The van der Waals surface area contributed by atoms with Gasteiger partial charge in [-0.15, -0.1) is 0 Å². The van der Waals surface area contributed by atoms with Gasteiger partial charge in [-0.1, -0.05) is 13.3 Å². The molecule has 6 heteroatoms. The van der Waals surface area contributed by atoms with Crippen molar-refractivity contribution in [3.63, 3.8) is 0 Å². The number of aromatic nitrogens is 2. The first-order chi connectivity index (χ1) is 7.67. The zero-order valence-electron chi connectivity index (χ0n) is 9.40. The maximum absolute atomic E-state index is 9.53. The molecule has 5 nitrogen and oxygen atoms in total. The number of hydrogen-bond donors (Lipinski definition) is 2. The number of nitrogens with one attached hydrogen (secondary N) is 1. The Bertz CT molecular complexity index is 336. The van der Waals surface area contributed by atoms with Gasteiger partial charge in [-0.3, -0.25) is 0 Å². The van der Waals surface area contributed by atoms with E-state index in [1.165, 1.54) is 0 Å². The Balaban J connectivity index is 2.54. The van der Waals surface area contributed by atoms with Crippen molar-refractivity contribution in [1.82, 2.24) is 9.97 Å². The van der Waals surface area contributed by atoms with Crippen molar-refractivity contribution in [3.8, 4) is 5.88 Å². The van der Waals surface area contributed by atoms with E-state index in [0.29, 0.717) is 22.8 Å². The van der Waals surface area contributed by atoms with E-state index in [1.807, 2.05) is 6.92 Å². The summed E-state index contributed by atoms with van der Waals surface area (Å²) in [6.07, 6.45) is 2.96. The normalized spacial score (nSPS) is 12.2. The van der Waals surface area contributed by atoms with Crippen LogP contribution in [-0.4, -0.2) is 34.8 Å². The third kappa shape index (κ3) is 3.94. The Labute approximate surface area is 103 Å². The first-order valence-electron chi connectivity index (χ1n) is 5.15. The molecule has 1 rings (SSSR count). The van der Waals surface area contributed by atoms with Crippen molar-refractivity contribution >= 4 is 21.9 Å². The van der Waals surface area contributed by atoms with Gasteiger partial charge in [0.25, 0.3) is 0 Å². The Morgan fingerprint density at radius 1 is 1.62 bits per heavy atom. The zero-order valence-corrected chi connectivity index (χ0v) is 11.0. The topological polar surface area (TPSA) is 67.3 Å². The van der Waals surface area contributed by atoms with Crippen molar-refractivity contribution < 1.29 is 9.84 Å². The summed E-state index contributed by atoms with van der Waals surface area (Å²) in [6, 6.07) is 0. The van der Waals surface area contributed by atoms with Gasteiger partial charge in [-0.25, -0.2) is 4.98 Å². The van der Waals surface area contributed by atoms with E-state index in [9.17, 15) is 5.11 Å². The van der Waals surface area contributed by atoms with Gasteiger partial charge in [-0.05, 0) is 22.4 Å². The van der Waals surface area contributed by atoms with E-state index in [4.69, 9.17) is 4.74 Å². The Kier molecular flexibility index (Phi) is 5.48. The molecule has 0 saturated heterocycles. The average Bonchev–Trinajstić information content (AvgIpc) is 2.28. The number of nitrogens with zero attached hydrogens (tertiary/aromatic N) is 2. The molecule has 2 N–H and O–H groups in total. The highest BCUT2D eigenvalue weighted by Crippen LogP contribution is 2.21. The lowest BCUT2D eigenvalue weighted by molar-refractivity contribution is 0.176. The monoisotopic (exact) mass is 289 g/mol. The Morgan fingerprint density at radius 3 is 3.00 bits per heavy atom. The second kappa shape index (κ2) is 6.65. The van der Waals surface area contributed by atoms with Gasteiger partial charge in [-0.2, -0.15) is 4.98 Å². The van der Waals surface area contributed by atoms with Gasteiger partial charge >= 0.3 is 0 Å². The summed E-state index contributed by atoms with van der Waals surface area (Å²) in [5.74, 6) is 0.928. The van der Waals surface area contributed by atoms with Crippen molar-refractivity contribution in [2.24, 2.45) is 0 Å². The first-order valence-corrected chi connectivity index (χ1v) is 5.95. The number of ether oxygens (including phenoxy) is 1. The molecule has 1 heterocycles. The molecule has 0 amide bonds. The SMILES string of the molecule is CCCC(O)CNc1ncc(Br)c(OC)n1. The summed E-state index contributed by atoms with van der Waals surface area (Å²) in [5.41, 5.74) is 0. The molecule has 0 aliphatic carbocycles. The van der Waals surface area contributed by atoms with Crippen LogP contribution in [0.25, 0.3) is 0 Å². The highest BCUT2D eigenvalue weighted by Gasteiger charge is 2.06. The molecule has 1 aromatic rings. The van der Waals surface area contributed by atoms with Crippen LogP contribution in [0.4, 0.5) is 5.95 Å². The maximum Gasteiger partial charge on any atom is 0.232 e. The fraction of sp³-hybridized carbons (Fsp3) is 0.600. The lowest BCUT2D eigenvalue weighted by Gasteiger charge is -2.11. The highest BCUT2D eigenvalue weighted by molar-refractivity contribution is 9.10. The molecule has 1 atom stereocenters. The van der Waals surface area contributed by atoms with E-state index in [1.54, 1.807) is 13.3 Å². The molecule has 1 aromatic heterocycles. The Morgan fingerprint density at radius 2 is 2.38 bits per heavy atom. The van der Waals surface area contributed by atoms with Gasteiger partial charge in [0, 0.05) is 6.54 Å². The third-order valence-electron chi connectivity index (χ3n) is 2.02. The van der Waals surface area contributed by atoms with Gasteiger partial charge < -0.3 is 15.2 Å². The number of methoxy groups -OCH3 is 1. The second-order valence-corrected chi connectivity index (χ2v) is 4.23. The molecule has 16 heavy (non-hydrogen) atoms. The molecule has 0 bridgehead atoms. The van der Waals surface area contributed by atoms with E-state index >= 15 is 0 Å². The highest BCUT2D eigenvalue weighted by atomic mass is 79.9. The van der Waals surface area contributed by atoms with Crippen molar-refractivity contribution in [2.45, 2.75) is 25.9 Å². The number of hydrogen-bond acceptors (Lipinski definition) is 5. The van der Waals surface area contributed by atoms with Gasteiger partial charge in [0.2, 0.25) is 11.8 Å². The molecule has 0 fully saturated rings. The Hall–Kier alpha value is -0.880. The third-order valence-corrected chi connectivity index (χ3v) is 2.57. The minimum Gasteiger partial charge on any atom is -0.480 e. The standard InChI is InChI=1S/C10H16BrN3O2/c1-3-4-7(15)5-12-10-13-6-8(11)9(14-10)16-2/h6-7,15H,3-5H2,1-2H3,(H,12,13,14). The van der Waals surface area contributed by atoms with Crippen LogP contribution in [0.5, 0.6) is 5.88 Å². The van der Waals surface area contributed by atoms with Crippen molar-refractivity contribution in [2.75, 3.05) is 19.0 Å². The van der Waals surface area contributed by atoms with Crippen LogP contribution in [0.2, 0.25) is 0 Å². The van der Waals surface area contributed by atoms with E-state index in [-0.39, 0.29) is 6.10 Å². The number of aliphatic hydroxyl groups excluding tert-OH is 1. The molecule has 0 spiro atoms. The predicted octanol–water partition coefficient (Wildman–Crippen LogP) is 1.82. The summed E-state index contributed by atoms with van der Waals surface area (Å²) in [4.78, 5) is 8.18. The molecule has 90 valence electrons. The minimum atomic E-state index is -0.372. The van der Waals surface area contributed by atoms with Gasteiger partial charge in [0.15, 0.2) is 0 Å². The van der Waals surface area contributed by atoms with Crippen LogP contribution < -0.4 is 10.1 Å². The summed E-state index contributed by atoms with van der Waals surface area (Å²) < 4.78 is 5.74. The number of halogens is 1. The minimum absolute atomic E-state index is 0.372. The van der Waals surface area contributed by atoms with E-state index in [2.05, 4.69) is 31.2 Å². The van der Waals surface area contributed by atoms with E-state index < -0.39 is 0 Å². The fourth-order valence-corrected chi connectivity index (χ4v) is 1.58. The summed E-state index contributed by atoms with van der Waals surface area (Å²) in [6.45, 7) is 2.47. The molecule has 0 aliphatic rings. The number of anilines is 1. The molecular formula is C10H16BrN3O2. The molecule has 0 aromatic carbocycles. The molecule has 1 unspecified atom stereocenters. The smallest absolute Gasteiger partial charge is 0.232 e. The number of aliphatic hydroxyl groups is 1. The average molecular weight is 290 g/mol. The summed E-state index contributed by atoms with van der Waals surface area (Å²) >= 11 is 3.27. The van der Waals surface area contributed by atoms with E-state index in [0.717, 1.165) is 12.8 Å². The van der Waals surface area contributed by atoms with Crippen LogP contribution in [0, 0.1) is 0 Å². The largest absolute Gasteiger partial charge is 0.480 e. The molecule has 0 radical (unpaired) electrons. The first kappa shape index (κ1) is 13.2. The van der Waals surface area contributed by atoms with Crippen LogP contribution in [0.1, 0.15) is 19.8 Å². The quantitative estimate of drug-likeness (QED) is 0.836. The molecule has 0 saturated carbocycles. The lowest BCUT2D eigenvalue weighted by atomic mass is 10.2. The van der Waals surface area contributed by atoms with Crippen LogP contribution >= 0.6 is 15.9 Å². The molecule has 0 aliphatic heterocycles. The second-order valence-electron chi connectivity index (χ2n) is 3.37. The summed E-state index contributed by atoms with van der Waals surface area (Å²) in [5, 5.41) is 12.5. The van der Waals surface area contributed by atoms with Gasteiger partial charge in [0.05, 0.1) is 23.9 Å². The van der Waals surface area contributed by atoms with Crippen LogP contribution in [0.15, 0.2) is 10.7 Å². The van der Waals surface area contributed by atoms with Crippen molar-refractivity contribution in [3.05, 3.63) is 10.7 Å². The number of rotatable bonds is 6. The zero-order chi connectivity index (χ0) is 12.0. The van der Waals surface area contributed by atoms with Crippen LogP contribution in [-0.2, 0) is 0 Å². The predicted molar refractivity (Wildman–Crippen MR) is 65.7 cm³/mol. The fourth-order valence-electron chi connectivity index (χ4n) is 1.22. The summed E-state index contributed by atoms with van der Waals surface area (Å²) in [7, 11) is 1.54. The van der Waals surface area contributed by atoms with Gasteiger partial charge in [0.1, 0.15) is 0 Å². The van der Waals surface area contributed by atoms with Crippen molar-refractivity contribution in [1.29, 1.82) is 0 Å². The maximum atomic E-state index is 9.53. The molecular weight excluding hydrogens is 274 g/mol. The van der Waals surface area contributed by atoms with Crippen LogP contribution in [0.3, 0.4) is 0 Å².